The van der Waals surface area contributed by atoms with E-state index < -0.39 is 18.1 Å². The Morgan fingerprint density at radius 1 is 1.11 bits per heavy atom. The molecule has 0 unspecified atom stereocenters. The van der Waals surface area contributed by atoms with Crippen molar-refractivity contribution in [2.24, 2.45) is 33.7 Å². The molecule has 35 heavy (non-hydrogen) atoms. The van der Waals surface area contributed by atoms with E-state index in [0.29, 0.717) is 17.8 Å². The second kappa shape index (κ2) is 9.18. The van der Waals surface area contributed by atoms with Gasteiger partial charge in [0.15, 0.2) is 6.61 Å². The Morgan fingerprint density at radius 2 is 1.91 bits per heavy atom. The number of hydrogen-bond donors (Lipinski definition) is 2. The number of rotatable bonds is 4. The molecule has 0 aromatic heterocycles. The number of allylic oxidation sites excluding steroid dienone is 2. The molecule has 3 saturated carbocycles. The maximum Gasteiger partial charge on any atom is 0.328 e. The van der Waals surface area contributed by atoms with E-state index in [1.54, 1.807) is 0 Å². The fourth-order valence-corrected chi connectivity index (χ4v) is 8.32. The van der Waals surface area contributed by atoms with Gasteiger partial charge in [-0.2, -0.15) is 0 Å². The molecule has 4 aliphatic carbocycles. The van der Waals surface area contributed by atoms with Crippen LogP contribution in [0.25, 0.3) is 0 Å². The van der Waals surface area contributed by atoms with Crippen LogP contribution in [0.4, 0.5) is 0 Å². The fourth-order valence-electron chi connectivity index (χ4n) is 8.32. The van der Waals surface area contributed by atoms with E-state index in [1.165, 1.54) is 30.4 Å². The molecular formula is C27H40N2O6. The van der Waals surface area contributed by atoms with E-state index in [0.717, 1.165) is 44.2 Å². The van der Waals surface area contributed by atoms with Crippen molar-refractivity contribution in [3.8, 4) is 0 Å². The van der Waals surface area contributed by atoms with E-state index in [-0.39, 0.29) is 42.4 Å². The molecule has 2 N–H and O–H groups in total. The van der Waals surface area contributed by atoms with Crippen LogP contribution < -0.4 is 0 Å². The van der Waals surface area contributed by atoms with Crippen LogP contribution in [-0.2, 0) is 19.2 Å². The molecule has 0 aromatic carbocycles. The van der Waals surface area contributed by atoms with Gasteiger partial charge in [0, 0.05) is 13.0 Å². The van der Waals surface area contributed by atoms with Gasteiger partial charge in [-0.25, -0.2) is 4.79 Å². The number of aliphatic hydroxyl groups is 2. The predicted octanol–water partition coefficient (Wildman–Crippen LogP) is 2.82. The van der Waals surface area contributed by atoms with Gasteiger partial charge < -0.3 is 24.7 Å². The highest BCUT2D eigenvalue weighted by Crippen LogP contribution is 2.65. The first-order chi connectivity index (χ1) is 16.7. The highest BCUT2D eigenvalue weighted by molar-refractivity contribution is 5.96. The number of esters is 1. The molecule has 0 aromatic rings. The number of amides is 1. The molecule has 1 aliphatic heterocycles. The van der Waals surface area contributed by atoms with Crippen molar-refractivity contribution in [3.63, 3.8) is 0 Å². The number of β-amino-alcohol motifs (C(OH)–C–C–N with tert-alkyl or cyclic N) is 1. The van der Waals surface area contributed by atoms with Crippen LogP contribution in [0, 0.1) is 28.6 Å². The van der Waals surface area contributed by atoms with Gasteiger partial charge in [0.1, 0.15) is 6.04 Å². The largest absolute Gasteiger partial charge is 0.467 e. The smallest absolute Gasteiger partial charge is 0.328 e. The zero-order valence-electron chi connectivity index (χ0n) is 21.2. The summed E-state index contributed by atoms with van der Waals surface area (Å²) in [6.45, 7) is 4.58. The number of aliphatic hydroxyl groups excluding tert-OH is 2. The molecule has 1 saturated heterocycles. The highest BCUT2D eigenvalue weighted by Gasteiger charge is 2.58. The Bertz CT molecular complexity index is 933. The molecule has 0 radical (unpaired) electrons. The Morgan fingerprint density at radius 3 is 2.69 bits per heavy atom. The molecule has 4 fully saturated rings. The molecule has 1 amide bonds. The lowest BCUT2D eigenvalue weighted by Crippen LogP contribution is -2.51. The molecule has 1 heterocycles. The quantitative estimate of drug-likeness (QED) is 0.465. The summed E-state index contributed by atoms with van der Waals surface area (Å²) in [5.41, 5.74) is 2.59. The van der Waals surface area contributed by atoms with E-state index in [9.17, 15) is 19.8 Å². The second-order valence-electron chi connectivity index (χ2n) is 12.0. The molecule has 5 rings (SSSR count). The Balaban J connectivity index is 1.23. The summed E-state index contributed by atoms with van der Waals surface area (Å²) in [5, 5.41) is 24.8. The molecule has 8 heteroatoms. The number of hydrogen-bond acceptors (Lipinski definition) is 7. The number of nitrogens with zero attached hydrogens (tertiary/aromatic N) is 2. The fraction of sp³-hybridized carbons (Fsp3) is 0.815. The summed E-state index contributed by atoms with van der Waals surface area (Å²) in [5.74, 6) is 1.09. The van der Waals surface area contributed by atoms with E-state index in [2.05, 4.69) is 25.1 Å². The van der Waals surface area contributed by atoms with Crippen molar-refractivity contribution in [2.75, 3.05) is 20.3 Å². The van der Waals surface area contributed by atoms with Gasteiger partial charge in [-0.3, -0.25) is 4.79 Å². The molecule has 8 atom stereocenters. The second-order valence-corrected chi connectivity index (χ2v) is 12.0. The lowest BCUT2D eigenvalue weighted by atomic mass is 9.47. The van der Waals surface area contributed by atoms with Gasteiger partial charge in [-0.05, 0) is 86.0 Å². The third kappa shape index (κ3) is 4.10. The number of oxime groups is 1. The average Bonchev–Trinajstić information content (AvgIpc) is 3.38. The first kappa shape index (κ1) is 24.8. The average molecular weight is 489 g/mol. The van der Waals surface area contributed by atoms with Gasteiger partial charge in [0.25, 0.3) is 5.91 Å². The SMILES string of the molecule is COC(=O)[C@H]1C[C@@H](O)CN1C(=O)CO/N=C1/C=C2CC[C@H]3[C@@H](CC[C@]4(C)[C@@H](O)CC[C@@H]34)[C@@]2(C)CC1. The maximum absolute atomic E-state index is 12.6. The van der Waals surface area contributed by atoms with Gasteiger partial charge in [0.2, 0.25) is 0 Å². The Hall–Kier alpha value is -1.93. The van der Waals surface area contributed by atoms with E-state index in [4.69, 9.17) is 9.57 Å². The van der Waals surface area contributed by atoms with Crippen molar-refractivity contribution in [1.29, 1.82) is 0 Å². The monoisotopic (exact) mass is 488 g/mol. The van der Waals surface area contributed by atoms with Crippen molar-refractivity contribution in [3.05, 3.63) is 11.6 Å². The highest BCUT2D eigenvalue weighted by atomic mass is 16.6. The van der Waals surface area contributed by atoms with Gasteiger partial charge in [-0.15, -0.1) is 0 Å². The van der Waals surface area contributed by atoms with Crippen LogP contribution in [0.2, 0.25) is 0 Å². The molecule has 0 spiro atoms. The normalized spacial score (nSPS) is 43.7. The Labute approximate surface area is 207 Å². The van der Waals surface area contributed by atoms with Crippen molar-refractivity contribution in [1.82, 2.24) is 4.90 Å². The summed E-state index contributed by atoms with van der Waals surface area (Å²) in [4.78, 5) is 31.3. The van der Waals surface area contributed by atoms with Crippen LogP contribution >= 0.6 is 0 Å². The zero-order valence-corrected chi connectivity index (χ0v) is 21.2. The van der Waals surface area contributed by atoms with Crippen molar-refractivity contribution < 1.29 is 29.4 Å². The van der Waals surface area contributed by atoms with Gasteiger partial charge in [0.05, 0.1) is 25.0 Å². The lowest BCUT2D eigenvalue weighted by molar-refractivity contribution is -0.152. The standard InChI is InChI=1S/C27H40N2O6/c1-26-10-8-17(28-35-15-24(32)29-14-18(30)13-22(29)25(33)34-3)12-16(26)4-5-19-20-6-7-23(31)27(20,2)11-9-21(19)26/h12,18-23,30-31H,4-11,13-15H2,1-3H3/b28-17+/t18-,19-,20+,21-,22-,23+,26+,27+/m1/s1. The number of likely N-dealkylation sites (tertiary alicyclic amines) is 1. The van der Waals surface area contributed by atoms with Crippen LogP contribution in [0.1, 0.15) is 71.6 Å². The summed E-state index contributed by atoms with van der Waals surface area (Å²) in [6, 6.07) is -0.773. The number of fused-ring (bicyclic) bond motifs is 5. The van der Waals surface area contributed by atoms with Gasteiger partial charge >= 0.3 is 5.97 Å². The number of carbonyl (C=O) groups is 2. The lowest BCUT2D eigenvalue weighted by Gasteiger charge is -2.57. The first-order valence-corrected chi connectivity index (χ1v) is 13.3. The van der Waals surface area contributed by atoms with E-state index >= 15 is 0 Å². The molecule has 5 aliphatic rings. The number of methoxy groups -OCH3 is 1. The van der Waals surface area contributed by atoms with Crippen LogP contribution in [0.5, 0.6) is 0 Å². The minimum absolute atomic E-state index is 0.0959. The maximum atomic E-state index is 12.6. The van der Waals surface area contributed by atoms with Gasteiger partial charge in [-0.1, -0.05) is 24.6 Å². The van der Waals surface area contributed by atoms with Crippen LogP contribution in [0.3, 0.4) is 0 Å². The molecule has 194 valence electrons. The summed E-state index contributed by atoms with van der Waals surface area (Å²) < 4.78 is 4.76. The van der Waals surface area contributed by atoms with Crippen LogP contribution in [0.15, 0.2) is 16.8 Å². The molecule has 8 nitrogen and oxygen atoms in total. The minimum Gasteiger partial charge on any atom is -0.467 e. The number of ether oxygens (including phenoxy) is 1. The summed E-state index contributed by atoms with van der Waals surface area (Å²) >= 11 is 0. The third-order valence-corrected chi connectivity index (χ3v) is 10.4. The zero-order chi connectivity index (χ0) is 25.0. The summed E-state index contributed by atoms with van der Waals surface area (Å²) in [7, 11) is 1.28. The topological polar surface area (TPSA) is 109 Å². The molecular weight excluding hydrogens is 448 g/mol. The van der Waals surface area contributed by atoms with Crippen LogP contribution in [-0.4, -0.2) is 71.2 Å². The van der Waals surface area contributed by atoms with Crippen molar-refractivity contribution in [2.45, 2.75) is 89.9 Å². The first-order valence-electron chi connectivity index (χ1n) is 13.3. The predicted molar refractivity (Wildman–Crippen MR) is 129 cm³/mol. The van der Waals surface area contributed by atoms with E-state index in [1.807, 2.05) is 0 Å². The Kier molecular flexibility index (Phi) is 6.49. The third-order valence-electron chi connectivity index (χ3n) is 10.4. The molecule has 0 bridgehead atoms. The van der Waals surface area contributed by atoms with Crippen molar-refractivity contribution >= 4 is 17.6 Å². The number of carbonyl (C=O) groups excluding carboxylic acids is 2. The minimum atomic E-state index is -0.773. The summed E-state index contributed by atoms with van der Waals surface area (Å²) in [6.07, 6.45) is 9.99.